The Morgan fingerprint density at radius 1 is 1.36 bits per heavy atom. The van der Waals surface area contributed by atoms with Gasteiger partial charge in [0.05, 0.1) is 5.84 Å². The molecule has 0 saturated heterocycles. The number of nitrogens with one attached hydrogen (secondary N) is 1. The van der Waals surface area contributed by atoms with E-state index >= 15 is 0 Å². The van der Waals surface area contributed by atoms with Crippen LogP contribution < -0.4 is 0 Å². The summed E-state index contributed by atoms with van der Waals surface area (Å²) in [6, 6.07) is 0. The maximum Gasteiger partial charge on any atom is 0.0989 e. The van der Waals surface area contributed by atoms with E-state index in [0.29, 0.717) is 5.92 Å². The normalized spacial score (nSPS) is 17.6. The summed E-state index contributed by atoms with van der Waals surface area (Å²) in [5.74, 6) is 1.47. The lowest BCUT2D eigenvalue weighted by Gasteiger charge is -2.33. The third-order valence-electron chi connectivity index (χ3n) is 2.60. The zero-order chi connectivity index (χ0) is 8.27. The molecule has 0 heterocycles. The molecule has 0 bridgehead atoms. The van der Waals surface area contributed by atoms with Crippen LogP contribution in [-0.4, -0.2) is 23.8 Å². The van der Waals surface area contributed by atoms with Crippen molar-refractivity contribution in [1.82, 2.24) is 4.90 Å². The van der Waals surface area contributed by atoms with Gasteiger partial charge < -0.3 is 4.90 Å². The number of rotatable bonds is 3. The lowest BCUT2D eigenvalue weighted by Crippen LogP contribution is -2.37. The predicted molar refractivity (Wildman–Crippen MR) is 48.0 cm³/mol. The van der Waals surface area contributed by atoms with Gasteiger partial charge in [-0.05, 0) is 26.7 Å². The van der Waals surface area contributed by atoms with Gasteiger partial charge >= 0.3 is 0 Å². The summed E-state index contributed by atoms with van der Waals surface area (Å²) in [6.07, 6.45) is 3.82. The molecule has 1 aliphatic rings. The molecule has 0 aromatic carbocycles. The van der Waals surface area contributed by atoms with E-state index in [9.17, 15) is 0 Å². The van der Waals surface area contributed by atoms with Gasteiger partial charge in [0, 0.05) is 19.0 Å². The predicted octanol–water partition coefficient (Wildman–Crippen LogP) is 2.11. The van der Waals surface area contributed by atoms with E-state index in [1.54, 1.807) is 0 Å². The highest BCUT2D eigenvalue weighted by molar-refractivity contribution is 5.82. The fraction of sp³-hybridized carbons (Fsp3) is 0.889. The van der Waals surface area contributed by atoms with Crippen LogP contribution in [0.3, 0.4) is 0 Å². The Hall–Kier alpha value is -0.530. The average molecular weight is 154 g/mol. The lowest BCUT2D eigenvalue weighted by molar-refractivity contribution is 0.346. The molecule has 0 amide bonds. The molecule has 1 aliphatic carbocycles. The molecule has 2 nitrogen and oxygen atoms in total. The highest BCUT2D eigenvalue weighted by Gasteiger charge is 2.24. The molecular formula is C9H18N2. The zero-order valence-corrected chi connectivity index (χ0v) is 7.56. The van der Waals surface area contributed by atoms with Gasteiger partial charge in [0.15, 0.2) is 0 Å². The molecular weight excluding hydrogens is 136 g/mol. The van der Waals surface area contributed by atoms with Crippen LogP contribution in [0, 0.1) is 11.3 Å². The molecule has 0 aromatic heterocycles. The van der Waals surface area contributed by atoms with E-state index in [2.05, 4.69) is 18.7 Å². The van der Waals surface area contributed by atoms with Crippen molar-refractivity contribution in [2.45, 2.75) is 33.1 Å². The third-order valence-corrected chi connectivity index (χ3v) is 2.60. The quantitative estimate of drug-likeness (QED) is 0.489. The van der Waals surface area contributed by atoms with Gasteiger partial charge in [-0.25, -0.2) is 0 Å². The van der Waals surface area contributed by atoms with Crippen LogP contribution in [0.15, 0.2) is 0 Å². The molecule has 0 spiro atoms. The molecule has 1 N–H and O–H groups in total. The number of hydrogen-bond donors (Lipinski definition) is 1. The SMILES string of the molecule is CCN(CC)C(=N)C1CCC1. The fourth-order valence-electron chi connectivity index (χ4n) is 1.50. The van der Waals surface area contributed by atoms with Crippen molar-refractivity contribution in [2.75, 3.05) is 13.1 Å². The highest BCUT2D eigenvalue weighted by atomic mass is 15.2. The first kappa shape index (κ1) is 8.57. The maximum absolute atomic E-state index is 7.83. The molecule has 0 aliphatic heterocycles. The minimum Gasteiger partial charge on any atom is -0.361 e. The first-order chi connectivity index (χ1) is 5.29. The Labute approximate surface area is 69.1 Å². The first-order valence-electron chi connectivity index (χ1n) is 4.63. The van der Waals surface area contributed by atoms with Gasteiger partial charge in [-0.2, -0.15) is 0 Å². The van der Waals surface area contributed by atoms with E-state index < -0.39 is 0 Å². The fourth-order valence-corrected chi connectivity index (χ4v) is 1.50. The van der Waals surface area contributed by atoms with E-state index in [0.717, 1.165) is 18.9 Å². The average Bonchev–Trinajstić information content (AvgIpc) is 1.86. The smallest absolute Gasteiger partial charge is 0.0989 e. The Morgan fingerprint density at radius 3 is 2.18 bits per heavy atom. The number of nitrogens with zero attached hydrogens (tertiary/aromatic N) is 1. The second kappa shape index (κ2) is 3.74. The summed E-state index contributed by atoms with van der Waals surface area (Å²) in [5.41, 5.74) is 0. The first-order valence-corrected chi connectivity index (χ1v) is 4.63. The van der Waals surface area contributed by atoms with Crippen molar-refractivity contribution in [3.05, 3.63) is 0 Å². The van der Waals surface area contributed by atoms with Crippen LogP contribution in [-0.2, 0) is 0 Å². The van der Waals surface area contributed by atoms with Crippen molar-refractivity contribution >= 4 is 5.84 Å². The second-order valence-corrected chi connectivity index (χ2v) is 3.19. The van der Waals surface area contributed by atoms with Crippen molar-refractivity contribution < 1.29 is 0 Å². The topological polar surface area (TPSA) is 27.1 Å². The monoisotopic (exact) mass is 154 g/mol. The van der Waals surface area contributed by atoms with Crippen LogP contribution in [0.2, 0.25) is 0 Å². The minimum atomic E-state index is 0.592. The summed E-state index contributed by atoms with van der Waals surface area (Å²) in [4.78, 5) is 2.16. The van der Waals surface area contributed by atoms with Gasteiger partial charge in [-0.3, -0.25) is 5.41 Å². The molecule has 1 saturated carbocycles. The van der Waals surface area contributed by atoms with Crippen LogP contribution in [0.25, 0.3) is 0 Å². The van der Waals surface area contributed by atoms with Crippen LogP contribution in [0.4, 0.5) is 0 Å². The van der Waals surface area contributed by atoms with Crippen molar-refractivity contribution in [3.63, 3.8) is 0 Å². The van der Waals surface area contributed by atoms with E-state index in [1.807, 2.05) is 0 Å². The van der Waals surface area contributed by atoms with Gasteiger partial charge in [-0.15, -0.1) is 0 Å². The zero-order valence-electron chi connectivity index (χ0n) is 7.56. The molecule has 2 heteroatoms. The van der Waals surface area contributed by atoms with E-state index in [1.165, 1.54) is 19.3 Å². The lowest BCUT2D eigenvalue weighted by atomic mass is 9.84. The van der Waals surface area contributed by atoms with Gasteiger partial charge in [0.2, 0.25) is 0 Å². The Kier molecular flexibility index (Phi) is 2.92. The Balaban J connectivity index is 2.36. The molecule has 0 unspecified atom stereocenters. The van der Waals surface area contributed by atoms with Gasteiger partial charge in [0.25, 0.3) is 0 Å². The molecule has 0 atom stereocenters. The molecule has 0 aromatic rings. The van der Waals surface area contributed by atoms with Gasteiger partial charge in [0.1, 0.15) is 0 Å². The van der Waals surface area contributed by atoms with E-state index in [4.69, 9.17) is 5.41 Å². The van der Waals surface area contributed by atoms with Crippen LogP contribution in [0.5, 0.6) is 0 Å². The van der Waals surface area contributed by atoms with E-state index in [-0.39, 0.29) is 0 Å². The summed E-state index contributed by atoms with van der Waals surface area (Å²) >= 11 is 0. The van der Waals surface area contributed by atoms with Crippen LogP contribution >= 0.6 is 0 Å². The second-order valence-electron chi connectivity index (χ2n) is 3.19. The van der Waals surface area contributed by atoms with Crippen molar-refractivity contribution in [3.8, 4) is 0 Å². The number of amidine groups is 1. The molecule has 1 fully saturated rings. The molecule has 0 radical (unpaired) electrons. The minimum absolute atomic E-state index is 0.592. The summed E-state index contributed by atoms with van der Waals surface area (Å²) in [7, 11) is 0. The van der Waals surface area contributed by atoms with Gasteiger partial charge in [-0.1, -0.05) is 6.42 Å². The third kappa shape index (κ3) is 1.73. The summed E-state index contributed by atoms with van der Waals surface area (Å²) in [5, 5.41) is 7.83. The van der Waals surface area contributed by atoms with Crippen molar-refractivity contribution in [2.24, 2.45) is 5.92 Å². The Morgan fingerprint density at radius 2 is 1.91 bits per heavy atom. The maximum atomic E-state index is 7.83. The van der Waals surface area contributed by atoms with Crippen LogP contribution in [0.1, 0.15) is 33.1 Å². The summed E-state index contributed by atoms with van der Waals surface area (Å²) in [6.45, 7) is 6.23. The molecule has 11 heavy (non-hydrogen) atoms. The summed E-state index contributed by atoms with van der Waals surface area (Å²) < 4.78 is 0. The highest BCUT2D eigenvalue weighted by Crippen LogP contribution is 2.28. The molecule has 1 rings (SSSR count). The van der Waals surface area contributed by atoms with Crippen molar-refractivity contribution in [1.29, 1.82) is 5.41 Å². The number of hydrogen-bond acceptors (Lipinski definition) is 1. The Bertz CT molecular complexity index is 134. The molecule has 64 valence electrons. The largest absolute Gasteiger partial charge is 0.361 e. The standard InChI is InChI=1S/C9H18N2/c1-3-11(4-2)9(10)8-6-5-7-8/h8,10H,3-7H2,1-2H3.